The fourth-order valence-electron chi connectivity index (χ4n) is 11.1. The topological polar surface area (TPSA) is 159 Å². The van der Waals surface area contributed by atoms with Crippen molar-refractivity contribution in [3.05, 3.63) is 71.3 Å². The normalized spacial score (nSPS) is 28.7. The molecular weight excluding hydrogens is 784 g/mol. The summed E-state index contributed by atoms with van der Waals surface area (Å²) in [6.07, 6.45) is 10.3. The summed E-state index contributed by atoms with van der Waals surface area (Å²) in [5, 5.41) is 41.9. The van der Waals surface area contributed by atoms with Gasteiger partial charge in [-0.15, -0.1) is 12.4 Å². The number of rotatable bonds is 15. The van der Waals surface area contributed by atoms with E-state index in [0.29, 0.717) is 24.3 Å². The molecule has 60 heavy (non-hydrogen) atoms. The van der Waals surface area contributed by atoms with Gasteiger partial charge in [-0.05, 0) is 130 Å². The van der Waals surface area contributed by atoms with Gasteiger partial charge >= 0.3 is 0 Å². The van der Waals surface area contributed by atoms with E-state index in [9.17, 15) is 30.2 Å². The maximum absolute atomic E-state index is 12.4. The zero-order valence-corrected chi connectivity index (χ0v) is 37.8. The van der Waals surface area contributed by atoms with Crippen molar-refractivity contribution in [2.24, 2.45) is 34.5 Å². The third kappa shape index (κ3) is 9.00. The highest BCUT2D eigenvalue weighted by Crippen LogP contribution is 2.67. The summed E-state index contributed by atoms with van der Waals surface area (Å²) in [5.74, 6) is 2.76. The van der Waals surface area contributed by atoms with E-state index in [1.54, 1.807) is 40.6 Å². The lowest BCUT2D eigenvalue weighted by atomic mass is 9.46. The Hall–Kier alpha value is -3.92. The number of halogens is 1. The van der Waals surface area contributed by atoms with Crippen LogP contribution in [0.15, 0.2) is 60.2 Å². The van der Waals surface area contributed by atoms with E-state index < -0.39 is 34.9 Å². The van der Waals surface area contributed by atoms with Gasteiger partial charge in [-0.1, -0.05) is 51.5 Å². The number of allylic oxidation sites excluding steroid dienone is 4. The molecule has 0 heterocycles. The highest BCUT2D eigenvalue weighted by molar-refractivity contribution is 6.01. The Morgan fingerprint density at radius 1 is 0.983 bits per heavy atom. The maximum atomic E-state index is 12.4. The van der Waals surface area contributed by atoms with Crippen molar-refractivity contribution in [3.8, 4) is 29.1 Å². The summed E-state index contributed by atoms with van der Waals surface area (Å²) in [4.78, 5) is 26.5. The van der Waals surface area contributed by atoms with Crippen LogP contribution < -0.4 is 18.9 Å². The Balaban J connectivity index is 0.000000266. The lowest BCUT2D eigenvalue weighted by Crippen LogP contribution is -2.61. The van der Waals surface area contributed by atoms with Crippen LogP contribution in [0.3, 0.4) is 0 Å². The molecular formula is C48H67ClN2O9. The zero-order valence-electron chi connectivity index (χ0n) is 37.0. The van der Waals surface area contributed by atoms with Crippen LogP contribution in [-0.2, 0) is 21.4 Å². The minimum atomic E-state index is -1.56. The molecule has 0 saturated heterocycles. The molecule has 4 aliphatic carbocycles. The van der Waals surface area contributed by atoms with Crippen molar-refractivity contribution in [2.75, 3.05) is 55.2 Å². The molecule has 0 spiro atoms. The van der Waals surface area contributed by atoms with Gasteiger partial charge in [0.2, 0.25) is 0 Å². The number of benzene rings is 2. The molecule has 4 aliphatic rings. The minimum absolute atomic E-state index is 0. The molecule has 3 saturated carbocycles. The van der Waals surface area contributed by atoms with E-state index in [0.717, 1.165) is 74.3 Å². The maximum Gasteiger partial charge on any atom is 0.190 e. The third-order valence-electron chi connectivity index (χ3n) is 14.7. The number of fused-ring (bicyclic) bond motifs is 5. The molecule has 12 heteroatoms. The number of nitrogens with zero attached hydrogens (tertiary/aromatic N) is 2. The van der Waals surface area contributed by atoms with Gasteiger partial charge in [0.15, 0.2) is 34.6 Å². The first-order chi connectivity index (χ1) is 28.0. The summed E-state index contributed by atoms with van der Waals surface area (Å²) in [6.45, 7) is 9.40. The molecule has 2 aromatic rings. The summed E-state index contributed by atoms with van der Waals surface area (Å²) in [5.41, 5.74) is 0.0632. The number of nitriles is 1. The van der Waals surface area contributed by atoms with Gasteiger partial charge in [0.05, 0.1) is 46.0 Å². The van der Waals surface area contributed by atoms with E-state index >= 15 is 0 Å². The predicted octanol–water partition coefficient (Wildman–Crippen LogP) is 7.07. The van der Waals surface area contributed by atoms with Gasteiger partial charge in [-0.3, -0.25) is 9.59 Å². The van der Waals surface area contributed by atoms with Gasteiger partial charge in [0.25, 0.3) is 0 Å². The lowest BCUT2D eigenvalue weighted by molar-refractivity contribution is -0.178. The Labute approximate surface area is 363 Å². The Morgan fingerprint density at radius 3 is 2.22 bits per heavy atom. The fourth-order valence-corrected chi connectivity index (χ4v) is 11.1. The zero-order chi connectivity index (χ0) is 43.3. The highest BCUT2D eigenvalue weighted by Gasteiger charge is 2.68. The summed E-state index contributed by atoms with van der Waals surface area (Å²) >= 11 is 0. The van der Waals surface area contributed by atoms with E-state index in [1.165, 1.54) is 5.56 Å². The van der Waals surface area contributed by atoms with Crippen molar-refractivity contribution < 1.29 is 43.9 Å². The standard InChI is InChI=1S/C27H38N2O4.C21H28O5.ClH/c1-20(2)27(19-28,22-10-12-24(31-5)26(18-22)33-7)14-8-15-29(3)16-13-21-9-11-23(30-4)25(17-21)32-6;1-19-7-5-13(23)9-12(19)3-4-14-15-6-8-21(26,17(25)11-22)20(15,2)10-16(24)18(14)19;/h9-12,17-18,20H,8,13-16H2,1-7H3;5,7,9,14-16,18,22,24,26H,3-4,6,8,10-11H2,1-2H3;1H/t;14-,15-,16-,18+,19-,20-,21-;/m.0./s1. The number of hydrogen-bond donors (Lipinski definition) is 3. The first-order valence-corrected chi connectivity index (χ1v) is 21.0. The van der Waals surface area contributed by atoms with Crippen molar-refractivity contribution in [1.82, 2.24) is 4.90 Å². The summed E-state index contributed by atoms with van der Waals surface area (Å²) < 4.78 is 21.6. The van der Waals surface area contributed by atoms with Crippen LogP contribution in [0.5, 0.6) is 23.0 Å². The fraction of sp³-hybridized carbons (Fsp3) is 0.604. The average Bonchev–Trinajstić information content (AvgIpc) is 3.50. The molecule has 1 unspecified atom stereocenters. The Kier molecular flexibility index (Phi) is 16.1. The molecule has 330 valence electrons. The van der Waals surface area contributed by atoms with Gasteiger partial charge < -0.3 is 39.2 Å². The number of carbonyl (C=O) groups excluding carboxylic acids is 2. The number of hydrogen-bond acceptors (Lipinski definition) is 11. The van der Waals surface area contributed by atoms with E-state index in [4.69, 9.17) is 18.9 Å². The molecule has 11 nitrogen and oxygen atoms in total. The molecule has 3 fully saturated rings. The summed E-state index contributed by atoms with van der Waals surface area (Å²) in [6, 6.07) is 14.5. The van der Waals surface area contributed by atoms with Crippen LogP contribution in [-0.4, -0.2) is 98.7 Å². The quantitative estimate of drug-likeness (QED) is 0.168. The monoisotopic (exact) mass is 850 g/mol. The first kappa shape index (κ1) is 48.7. The first-order valence-electron chi connectivity index (χ1n) is 21.0. The molecule has 0 aromatic heterocycles. The third-order valence-corrected chi connectivity index (χ3v) is 14.7. The van der Waals surface area contributed by atoms with Crippen molar-refractivity contribution in [1.29, 1.82) is 5.26 Å². The van der Waals surface area contributed by atoms with Gasteiger partial charge in [0, 0.05) is 23.3 Å². The molecule has 8 atom stereocenters. The van der Waals surface area contributed by atoms with Crippen LogP contribution in [0.25, 0.3) is 0 Å². The smallest absolute Gasteiger partial charge is 0.190 e. The van der Waals surface area contributed by atoms with Crippen LogP contribution in [0.1, 0.15) is 83.8 Å². The Bertz CT molecular complexity index is 1940. The second kappa shape index (κ2) is 19.9. The molecule has 2 aromatic carbocycles. The molecule has 0 amide bonds. The molecule has 0 radical (unpaired) electrons. The minimum Gasteiger partial charge on any atom is -0.493 e. The highest BCUT2D eigenvalue weighted by atomic mass is 35.5. The van der Waals surface area contributed by atoms with Crippen LogP contribution in [0.2, 0.25) is 0 Å². The Morgan fingerprint density at radius 2 is 1.62 bits per heavy atom. The SMILES string of the molecule is COc1ccc(CCN(C)CCCC(C#N)(c2ccc(OC)c(OC)c2)C(C)C)cc1OC.C[C@]12C=CC(=O)C=C1CC[C@@H]1[C@@H]2[C@@H](O)C[C@@]2(C)[C@H]1CC[C@]2(O)C(=O)CO.Cl. The number of carbonyl (C=O) groups is 2. The molecule has 0 bridgehead atoms. The van der Waals surface area contributed by atoms with Crippen LogP contribution >= 0.6 is 12.4 Å². The summed E-state index contributed by atoms with van der Waals surface area (Å²) in [7, 11) is 8.67. The van der Waals surface area contributed by atoms with Gasteiger partial charge in [-0.25, -0.2) is 0 Å². The molecule has 6 rings (SSSR count). The van der Waals surface area contributed by atoms with Gasteiger partial charge in [0.1, 0.15) is 12.2 Å². The number of likely N-dealkylation sites (N-methyl/N-ethyl adjacent to an activating group) is 1. The number of methoxy groups -OCH3 is 4. The second-order valence-corrected chi connectivity index (χ2v) is 17.8. The van der Waals surface area contributed by atoms with E-state index in [-0.39, 0.29) is 47.3 Å². The number of ether oxygens (including phenoxy) is 4. The van der Waals surface area contributed by atoms with Crippen molar-refractivity contribution >= 4 is 24.0 Å². The number of aliphatic hydroxyl groups is 3. The van der Waals surface area contributed by atoms with Crippen LogP contribution in [0, 0.1) is 45.8 Å². The molecule has 0 aliphatic heterocycles. The van der Waals surface area contributed by atoms with Crippen LogP contribution in [0.4, 0.5) is 0 Å². The average molecular weight is 852 g/mol. The van der Waals surface area contributed by atoms with Gasteiger partial charge in [-0.2, -0.15) is 5.26 Å². The van der Waals surface area contributed by atoms with Crippen molar-refractivity contribution in [3.63, 3.8) is 0 Å². The lowest BCUT2D eigenvalue weighted by Gasteiger charge is -2.59. The number of aliphatic hydroxyl groups excluding tert-OH is 2. The molecule has 3 N–H and O–H groups in total. The second-order valence-electron chi connectivity index (χ2n) is 17.8. The number of ketones is 2. The van der Waals surface area contributed by atoms with E-state index in [2.05, 4.69) is 44.9 Å². The number of Topliss-reactive ketones (excluding diaryl/α,β-unsaturated/α-hetero) is 1. The predicted molar refractivity (Wildman–Crippen MR) is 234 cm³/mol. The van der Waals surface area contributed by atoms with E-state index in [1.807, 2.05) is 43.3 Å². The largest absolute Gasteiger partial charge is 0.493 e. The van der Waals surface area contributed by atoms with Crippen molar-refractivity contribution in [2.45, 2.75) is 96.2 Å².